The second-order valence-corrected chi connectivity index (χ2v) is 4.87. The zero-order valence-corrected chi connectivity index (χ0v) is 12.0. The first kappa shape index (κ1) is 14.1. The molecular weight excluding hydrogens is 326 g/mol. The van der Waals surface area contributed by atoms with Crippen LogP contribution in [0.3, 0.4) is 0 Å². The fourth-order valence-corrected chi connectivity index (χ4v) is 1.97. The molecule has 0 fully saturated rings. The number of hydrogen-bond acceptors (Lipinski definition) is 4. The number of aromatic nitrogens is 1. The molecule has 0 aliphatic heterocycles. The number of nitro benzene ring substituents is 1. The van der Waals surface area contributed by atoms with E-state index in [1.165, 1.54) is 12.1 Å². The second kappa shape index (κ2) is 5.79. The van der Waals surface area contributed by atoms with Gasteiger partial charge in [0.25, 0.3) is 11.6 Å². The molecule has 6 nitrogen and oxygen atoms in total. The third kappa shape index (κ3) is 3.18. The number of non-ortho nitro benzene ring substituents is 1. The van der Waals surface area contributed by atoms with Crippen molar-refractivity contribution in [1.82, 2.24) is 4.98 Å². The van der Waals surface area contributed by atoms with Gasteiger partial charge in [-0.05, 0) is 40.5 Å². The summed E-state index contributed by atoms with van der Waals surface area (Å²) in [6, 6.07) is 9.25. The summed E-state index contributed by atoms with van der Waals surface area (Å²) in [5, 5.41) is 13.3. The number of amides is 1. The maximum Gasteiger partial charge on any atom is 0.270 e. The smallest absolute Gasteiger partial charge is 0.270 e. The first-order chi connectivity index (χ1) is 9.47. The Morgan fingerprint density at radius 3 is 2.75 bits per heavy atom. The summed E-state index contributed by atoms with van der Waals surface area (Å²) in [5.74, 6) is -0.0629. The van der Waals surface area contributed by atoms with Gasteiger partial charge in [0.05, 0.1) is 4.92 Å². The quantitative estimate of drug-likeness (QED) is 0.529. The molecule has 2 rings (SSSR count). The molecule has 1 aromatic carbocycles. The average Bonchev–Trinajstić information content (AvgIpc) is 2.38. The van der Waals surface area contributed by atoms with E-state index in [4.69, 9.17) is 0 Å². The van der Waals surface area contributed by atoms with E-state index in [0.29, 0.717) is 16.0 Å². The summed E-state index contributed by atoms with van der Waals surface area (Å²) >= 11 is 3.20. The average molecular weight is 336 g/mol. The van der Waals surface area contributed by atoms with Gasteiger partial charge in [-0.3, -0.25) is 14.9 Å². The van der Waals surface area contributed by atoms with Crippen LogP contribution in [-0.4, -0.2) is 15.8 Å². The lowest BCUT2D eigenvalue weighted by atomic mass is 10.1. The topological polar surface area (TPSA) is 85.1 Å². The highest BCUT2D eigenvalue weighted by Crippen LogP contribution is 2.19. The largest absolute Gasteiger partial charge is 0.307 e. The molecule has 0 radical (unpaired) electrons. The normalized spacial score (nSPS) is 10.1. The van der Waals surface area contributed by atoms with Crippen LogP contribution in [0.4, 0.5) is 11.5 Å². The molecule has 7 heteroatoms. The first-order valence-electron chi connectivity index (χ1n) is 5.66. The number of pyridine rings is 1. The fourth-order valence-electron chi connectivity index (χ4n) is 1.63. The number of benzene rings is 1. The SMILES string of the molecule is Cc1ccc([N+](=O)[O-])cc1C(=O)Nc1cccc(Br)n1. The highest BCUT2D eigenvalue weighted by atomic mass is 79.9. The highest BCUT2D eigenvalue weighted by molar-refractivity contribution is 9.10. The van der Waals surface area contributed by atoms with Gasteiger partial charge in [-0.1, -0.05) is 12.1 Å². The molecule has 2 aromatic rings. The lowest BCUT2D eigenvalue weighted by molar-refractivity contribution is -0.384. The Labute approximate surface area is 123 Å². The maximum absolute atomic E-state index is 12.1. The van der Waals surface area contributed by atoms with E-state index < -0.39 is 10.8 Å². The molecule has 0 unspecified atom stereocenters. The Hall–Kier alpha value is -2.28. The number of nitrogens with zero attached hydrogens (tertiary/aromatic N) is 2. The molecule has 0 bridgehead atoms. The molecule has 0 saturated carbocycles. The molecule has 1 amide bonds. The first-order valence-corrected chi connectivity index (χ1v) is 6.45. The third-order valence-corrected chi connectivity index (χ3v) is 3.07. The van der Waals surface area contributed by atoms with Gasteiger partial charge in [0, 0.05) is 17.7 Å². The van der Waals surface area contributed by atoms with Crippen LogP contribution in [0, 0.1) is 17.0 Å². The van der Waals surface area contributed by atoms with Crippen molar-refractivity contribution in [3.05, 3.63) is 62.2 Å². The molecule has 1 heterocycles. The zero-order chi connectivity index (χ0) is 14.7. The van der Waals surface area contributed by atoms with E-state index in [0.717, 1.165) is 0 Å². The maximum atomic E-state index is 12.1. The van der Waals surface area contributed by atoms with Gasteiger partial charge in [-0.25, -0.2) is 4.98 Å². The lowest BCUT2D eigenvalue weighted by Gasteiger charge is -2.07. The number of carbonyl (C=O) groups is 1. The minimum absolute atomic E-state index is 0.122. The molecule has 0 spiro atoms. The number of hydrogen-bond donors (Lipinski definition) is 1. The van der Waals surface area contributed by atoms with Crippen LogP contribution >= 0.6 is 15.9 Å². The monoisotopic (exact) mass is 335 g/mol. The summed E-state index contributed by atoms with van der Waals surface area (Å²) in [7, 11) is 0. The number of anilines is 1. The van der Waals surface area contributed by atoms with Gasteiger partial charge in [-0.2, -0.15) is 0 Å². The molecule has 0 aliphatic rings. The zero-order valence-electron chi connectivity index (χ0n) is 10.5. The van der Waals surface area contributed by atoms with Gasteiger partial charge < -0.3 is 5.32 Å². The Morgan fingerprint density at radius 1 is 1.35 bits per heavy atom. The van der Waals surface area contributed by atoms with Crippen LogP contribution in [0.5, 0.6) is 0 Å². The van der Waals surface area contributed by atoms with E-state index in [-0.39, 0.29) is 11.3 Å². The minimum atomic E-state index is -0.534. The molecule has 20 heavy (non-hydrogen) atoms. The van der Waals surface area contributed by atoms with E-state index in [2.05, 4.69) is 26.2 Å². The van der Waals surface area contributed by atoms with Crippen molar-refractivity contribution in [2.45, 2.75) is 6.92 Å². The lowest BCUT2D eigenvalue weighted by Crippen LogP contribution is -2.14. The number of nitrogens with one attached hydrogen (secondary N) is 1. The number of aryl methyl sites for hydroxylation is 1. The van der Waals surface area contributed by atoms with Crippen molar-refractivity contribution >= 4 is 33.3 Å². The van der Waals surface area contributed by atoms with Gasteiger partial charge in [-0.15, -0.1) is 0 Å². The highest BCUT2D eigenvalue weighted by Gasteiger charge is 2.15. The fraction of sp³-hybridized carbons (Fsp3) is 0.0769. The van der Waals surface area contributed by atoms with Crippen molar-refractivity contribution in [2.24, 2.45) is 0 Å². The van der Waals surface area contributed by atoms with E-state index >= 15 is 0 Å². The molecule has 0 aliphatic carbocycles. The van der Waals surface area contributed by atoms with E-state index in [1.54, 1.807) is 31.2 Å². The third-order valence-electron chi connectivity index (χ3n) is 2.63. The van der Waals surface area contributed by atoms with E-state index in [9.17, 15) is 14.9 Å². The summed E-state index contributed by atoms with van der Waals surface area (Å²) < 4.78 is 0.589. The van der Waals surface area contributed by atoms with Gasteiger partial charge in [0.2, 0.25) is 0 Å². The van der Waals surface area contributed by atoms with Crippen molar-refractivity contribution in [3.63, 3.8) is 0 Å². The van der Waals surface area contributed by atoms with E-state index in [1.807, 2.05) is 0 Å². The van der Waals surface area contributed by atoms with Crippen LogP contribution in [-0.2, 0) is 0 Å². The Balaban J connectivity index is 2.29. The molecule has 0 atom stereocenters. The van der Waals surface area contributed by atoms with Gasteiger partial charge >= 0.3 is 0 Å². The van der Waals surface area contributed by atoms with Crippen LogP contribution in [0.15, 0.2) is 41.0 Å². The minimum Gasteiger partial charge on any atom is -0.307 e. The van der Waals surface area contributed by atoms with Crippen LogP contribution in [0.2, 0.25) is 0 Å². The molecule has 1 N–H and O–H groups in total. The summed E-state index contributed by atoms with van der Waals surface area (Å²) in [6.45, 7) is 1.72. The number of halogens is 1. The van der Waals surface area contributed by atoms with Gasteiger partial charge in [0.1, 0.15) is 10.4 Å². The Morgan fingerprint density at radius 2 is 2.10 bits per heavy atom. The Bertz CT molecular complexity index is 688. The van der Waals surface area contributed by atoms with Crippen molar-refractivity contribution in [2.75, 3.05) is 5.32 Å². The summed E-state index contributed by atoms with van der Waals surface area (Å²) in [4.78, 5) is 26.4. The van der Waals surface area contributed by atoms with Crippen molar-refractivity contribution in [1.29, 1.82) is 0 Å². The molecule has 0 saturated heterocycles. The summed E-state index contributed by atoms with van der Waals surface area (Å²) in [6.07, 6.45) is 0. The Kier molecular flexibility index (Phi) is 4.09. The van der Waals surface area contributed by atoms with Crippen LogP contribution in [0.1, 0.15) is 15.9 Å². The number of rotatable bonds is 3. The van der Waals surface area contributed by atoms with Gasteiger partial charge in [0.15, 0.2) is 0 Å². The van der Waals surface area contributed by atoms with Crippen LogP contribution in [0.25, 0.3) is 0 Å². The summed E-state index contributed by atoms with van der Waals surface area (Å²) in [5.41, 5.74) is 0.784. The number of nitro groups is 1. The molecule has 1 aromatic heterocycles. The molecule has 102 valence electrons. The predicted molar refractivity (Wildman–Crippen MR) is 77.7 cm³/mol. The predicted octanol–water partition coefficient (Wildman–Crippen LogP) is 3.31. The van der Waals surface area contributed by atoms with Crippen molar-refractivity contribution in [3.8, 4) is 0 Å². The standard InChI is InChI=1S/C13H10BrN3O3/c1-8-5-6-9(17(19)20)7-10(8)13(18)16-12-4-2-3-11(14)15-12/h2-7H,1H3,(H,15,16,18). The van der Waals surface area contributed by atoms with Crippen molar-refractivity contribution < 1.29 is 9.72 Å². The van der Waals surface area contributed by atoms with Crippen LogP contribution < -0.4 is 5.32 Å². The second-order valence-electron chi connectivity index (χ2n) is 4.06. The molecular formula is C13H10BrN3O3. The number of carbonyl (C=O) groups excluding carboxylic acids is 1.